The predicted octanol–water partition coefficient (Wildman–Crippen LogP) is 4.22. The lowest BCUT2D eigenvalue weighted by Crippen LogP contribution is -2.26. The van der Waals surface area contributed by atoms with Gasteiger partial charge in [-0.25, -0.2) is 0 Å². The molecule has 1 aromatic carbocycles. The third kappa shape index (κ3) is 2.71. The molecule has 1 heterocycles. The van der Waals surface area contributed by atoms with Crippen LogP contribution in [0.15, 0.2) is 24.0 Å². The fourth-order valence-corrected chi connectivity index (χ4v) is 2.18. The molecule has 0 aromatic heterocycles. The summed E-state index contributed by atoms with van der Waals surface area (Å²) < 4.78 is 36.9. The van der Waals surface area contributed by atoms with Gasteiger partial charge >= 0.3 is 6.18 Å². The zero-order chi connectivity index (χ0) is 15.1. The summed E-state index contributed by atoms with van der Waals surface area (Å²) in [5.74, 6) is -1.88. The van der Waals surface area contributed by atoms with Crippen molar-refractivity contribution in [2.75, 3.05) is 16.8 Å². The van der Waals surface area contributed by atoms with Crippen molar-refractivity contribution in [3.8, 4) is 0 Å². The van der Waals surface area contributed by atoms with E-state index in [1.54, 1.807) is 6.92 Å². The summed E-state index contributed by atoms with van der Waals surface area (Å²) in [6.45, 7) is 2.11. The topological polar surface area (TPSA) is 32.3 Å². The second-order valence-electron chi connectivity index (χ2n) is 4.04. The van der Waals surface area contributed by atoms with Crippen LogP contribution in [0.4, 0.5) is 24.5 Å². The van der Waals surface area contributed by atoms with Crippen LogP contribution in [-0.4, -0.2) is 18.5 Å². The molecule has 0 unspecified atom stereocenters. The first-order valence-corrected chi connectivity index (χ1v) is 6.36. The number of alkyl halides is 3. The number of hydrogen-bond acceptors (Lipinski definition) is 3. The molecule has 3 nitrogen and oxygen atoms in total. The number of nitrogens with zero attached hydrogens (tertiary/aromatic N) is 1. The Labute approximate surface area is 122 Å². The lowest BCUT2D eigenvalue weighted by molar-refractivity contribution is -0.165. The first-order chi connectivity index (χ1) is 9.24. The molecule has 108 valence electrons. The van der Waals surface area contributed by atoms with Gasteiger partial charge in [-0.3, -0.25) is 4.79 Å². The van der Waals surface area contributed by atoms with Crippen molar-refractivity contribution in [2.24, 2.45) is 0 Å². The van der Waals surface area contributed by atoms with Crippen LogP contribution in [0.1, 0.15) is 6.92 Å². The molecule has 1 aromatic rings. The van der Waals surface area contributed by atoms with Crippen molar-refractivity contribution in [3.05, 3.63) is 34.1 Å². The van der Waals surface area contributed by atoms with Gasteiger partial charge in [0.25, 0.3) is 5.78 Å². The Kier molecular flexibility index (Phi) is 3.88. The smallest absolute Gasteiger partial charge is 0.340 e. The molecule has 1 aliphatic rings. The molecule has 0 amide bonds. The molecule has 20 heavy (non-hydrogen) atoms. The summed E-state index contributed by atoms with van der Waals surface area (Å²) in [4.78, 5) is 12.6. The number of carbonyl (C=O) groups excluding carboxylic acids is 1. The highest BCUT2D eigenvalue weighted by Crippen LogP contribution is 2.41. The van der Waals surface area contributed by atoms with E-state index < -0.39 is 12.0 Å². The van der Waals surface area contributed by atoms with Gasteiger partial charge in [0.2, 0.25) is 0 Å². The van der Waals surface area contributed by atoms with E-state index >= 15 is 0 Å². The van der Waals surface area contributed by atoms with Gasteiger partial charge in [0, 0.05) is 12.6 Å². The van der Waals surface area contributed by atoms with E-state index in [-0.39, 0.29) is 15.9 Å². The fourth-order valence-electron chi connectivity index (χ4n) is 1.86. The number of anilines is 2. The van der Waals surface area contributed by atoms with Crippen molar-refractivity contribution in [3.63, 3.8) is 0 Å². The highest BCUT2D eigenvalue weighted by Gasteiger charge is 2.38. The number of ketones is 1. The van der Waals surface area contributed by atoms with Gasteiger partial charge in [0.15, 0.2) is 0 Å². The molecule has 8 heteroatoms. The van der Waals surface area contributed by atoms with E-state index in [1.807, 2.05) is 0 Å². The molecule has 1 N–H and O–H groups in total. The van der Waals surface area contributed by atoms with Crippen LogP contribution in [0.25, 0.3) is 0 Å². The summed E-state index contributed by atoms with van der Waals surface area (Å²) in [5.41, 5.74) is 1.07. The summed E-state index contributed by atoms with van der Waals surface area (Å²) >= 11 is 11.7. The van der Waals surface area contributed by atoms with Gasteiger partial charge < -0.3 is 10.2 Å². The van der Waals surface area contributed by atoms with Crippen LogP contribution in [0.5, 0.6) is 0 Å². The fraction of sp³-hybridized carbons (Fsp3) is 0.250. The Morgan fingerprint density at radius 2 is 1.95 bits per heavy atom. The van der Waals surface area contributed by atoms with E-state index in [1.165, 1.54) is 17.0 Å². The Balaban J connectivity index is 2.41. The van der Waals surface area contributed by atoms with Crippen LogP contribution in [-0.2, 0) is 4.79 Å². The summed E-state index contributed by atoms with van der Waals surface area (Å²) in [6.07, 6.45) is -4.39. The normalized spacial score (nSPS) is 16.3. The number of hydrogen-bond donors (Lipinski definition) is 1. The van der Waals surface area contributed by atoms with Crippen LogP contribution >= 0.6 is 23.2 Å². The highest BCUT2D eigenvalue weighted by atomic mass is 35.5. The molecule has 0 bridgehead atoms. The molecular weight excluding hydrogens is 316 g/mol. The third-order valence-corrected chi connectivity index (χ3v) is 3.47. The van der Waals surface area contributed by atoms with E-state index in [0.29, 0.717) is 24.0 Å². The second-order valence-corrected chi connectivity index (χ2v) is 4.86. The number of carbonyl (C=O) groups is 1. The molecule has 0 atom stereocenters. The molecule has 0 fully saturated rings. The number of nitrogens with one attached hydrogen (secondary N) is 1. The van der Waals surface area contributed by atoms with Crippen molar-refractivity contribution >= 4 is 40.4 Å². The number of halogens is 5. The minimum absolute atomic E-state index is 0.0446. The minimum Gasteiger partial charge on any atom is -0.340 e. The summed E-state index contributed by atoms with van der Waals surface area (Å²) in [7, 11) is 0. The van der Waals surface area contributed by atoms with Crippen molar-refractivity contribution in [1.29, 1.82) is 0 Å². The van der Waals surface area contributed by atoms with Gasteiger partial charge in [-0.05, 0) is 19.1 Å². The first kappa shape index (κ1) is 15.0. The number of allylic oxidation sites excluding steroid dienone is 1. The van der Waals surface area contributed by atoms with Gasteiger partial charge in [-0.1, -0.05) is 23.2 Å². The third-order valence-electron chi connectivity index (χ3n) is 2.75. The van der Waals surface area contributed by atoms with E-state index in [4.69, 9.17) is 23.2 Å². The average molecular weight is 325 g/mol. The monoisotopic (exact) mass is 324 g/mol. The van der Waals surface area contributed by atoms with Crippen molar-refractivity contribution in [2.45, 2.75) is 13.1 Å². The number of fused-ring (bicyclic) bond motifs is 1. The minimum atomic E-state index is -4.90. The summed E-state index contributed by atoms with van der Waals surface area (Å²) in [5, 5.41) is 3.29. The SMILES string of the molecule is CCN1/C(=C/C(=O)C(F)(F)F)Nc2cc(Cl)c(Cl)cc21. The molecule has 0 spiro atoms. The standard InChI is InChI=1S/C12H9Cl2F3N2O/c1-2-19-9-4-7(14)6(13)3-8(9)18-11(19)5-10(20)12(15,16)17/h3-5,18H,2H2,1H3/b11-5+. The Bertz CT molecular complexity index is 599. The Hall–Kier alpha value is -1.40. The Morgan fingerprint density at radius 3 is 2.50 bits per heavy atom. The molecule has 0 radical (unpaired) electrons. The zero-order valence-electron chi connectivity index (χ0n) is 10.2. The summed E-state index contributed by atoms with van der Waals surface area (Å²) in [6, 6.07) is 3.04. The highest BCUT2D eigenvalue weighted by molar-refractivity contribution is 6.42. The van der Waals surface area contributed by atoms with Gasteiger partial charge in [-0.15, -0.1) is 0 Å². The van der Waals surface area contributed by atoms with E-state index in [2.05, 4.69) is 5.32 Å². The molecule has 0 aliphatic carbocycles. The van der Waals surface area contributed by atoms with Gasteiger partial charge in [0.05, 0.1) is 21.4 Å². The van der Waals surface area contributed by atoms with Crippen LogP contribution < -0.4 is 10.2 Å². The Morgan fingerprint density at radius 1 is 1.35 bits per heavy atom. The average Bonchev–Trinajstić information content (AvgIpc) is 2.65. The lowest BCUT2D eigenvalue weighted by Gasteiger charge is -2.17. The quantitative estimate of drug-likeness (QED) is 0.827. The van der Waals surface area contributed by atoms with Crippen LogP contribution in [0.2, 0.25) is 10.0 Å². The molecule has 1 aliphatic heterocycles. The maximum absolute atomic E-state index is 12.3. The first-order valence-electron chi connectivity index (χ1n) is 5.60. The number of benzene rings is 1. The maximum atomic E-state index is 12.3. The van der Waals surface area contributed by atoms with Crippen LogP contribution in [0.3, 0.4) is 0 Å². The van der Waals surface area contributed by atoms with Gasteiger partial charge in [0.1, 0.15) is 5.82 Å². The molecule has 0 saturated heterocycles. The van der Waals surface area contributed by atoms with E-state index in [9.17, 15) is 18.0 Å². The second kappa shape index (κ2) is 5.18. The van der Waals surface area contributed by atoms with Gasteiger partial charge in [-0.2, -0.15) is 13.2 Å². The maximum Gasteiger partial charge on any atom is 0.454 e. The largest absolute Gasteiger partial charge is 0.454 e. The van der Waals surface area contributed by atoms with Crippen molar-refractivity contribution < 1.29 is 18.0 Å². The molecular formula is C12H9Cl2F3N2O. The zero-order valence-corrected chi connectivity index (χ0v) is 11.7. The number of rotatable bonds is 2. The van der Waals surface area contributed by atoms with E-state index in [0.717, 1.165) is 0 Å². The molecule has 2 rings (SSSR count). The lowest BCUT2D eigenvalue weighted by atomic mass is 10.2. The molecule has 0 saturated carbocycles. The predicted molar refractivity (Wildman–Crippen MR) is 72.2 cm³/mol. The van der Waals surface area contributed by atoms with Crippen LogP contribution in [0, 0.1) is 0 Å². The van der Waals surface area contributed by atoms with Crippen molar-refractivity contribution in [1.82, 2.24) is 0 Å².